The van der Waals surface area contributed by atoms with Crippen LogP contribution in [-0.4, -0.2) is 33.1 Å². The number of aromatic nitrogens is 4. The minimum atomic E-state index is -0.154. The van der Waals surface area contributed by atoms with Gasteiger partial charge in [-0.15, -0.1) is 0 Å². The first-order chi connectivity index (χ1) is 15.0. The Labute approximate surface area is 187 Å². The predicted octanol–water partition coefficient (Wildman–Crippen LogP) is 4.78. The number of amides is 1. The number of nitrogens with zero attached hydrogens (tertiary/aromatic N) is 3. The second kappa shape index (κ2) is 9.40. The third-order valence-corrected chi connectivity index (χ3v) is 5.57. The number of carbonyl (C=O) groups is 1. The number of hydrogen-bond donors (Lipinski definition) is 2. The molecule has 31 heavy (non-hydrogen) atoms. The third-order valence-electron chi connectivity index (χ3n) is 4.47. The van der Waals surface area contributed by atoms with Crippen molar-refractivity contribution >= 4 is 46.0 Å². The van der Waals surface area contributed by atoms with Gasteiger partial charge in [0.1, 0.15) is 5.75 Å². The number of methoxy groups -OCH3 is 1. The molecule has 1 amide bonds. The molecule has 8 nitrogen and oxygen atoms in total. The number of hydrogen-bond acceptors (Lipinski definition) is 7. The first kappa shape index (κ1) is 21.2. The summed E-state index contributed by atoms with van der Waals surface area (Å²) in [6, 6.07) is 11.1. The highest BCUT2D eigenvalue weighted by atomic mass is 35.5. The molecule has 160 valence electrons. The average Bonchev–Trinajstić information content (AvgIpc) is 3.37. The van der Waals surface area contributed by atoms with Crippen LogP contribution < -0.4 is 10.1 Å². The maximum Gasteiger partial charge on any atom is 0.227 e. The van der Waals surface area contributed by atoms with E-state index < -0.39 is 0 Å². The van der Waals surface area contributed by atoms with Gasteiger partial charge in [0.2, 0.25) is 11.8 Å². The van der Waals surface area contributed by atoms with Crippen LogP contribution in [0.4, 0.5) is 5.69 Å². The van der Waals surface area contributed by atoms with Crippen molar-refractivity contribution in [3.8, 4) is 5.75 Å². The fourth-order valence-electron chi connectivity index (χ4n) is 2.96. The van der Waals surface area contributed by atoms with Crippen LogP contribution in [0.25, 0.3) is 11.0 Å². The topological polar surface area (TPSA) is 106 Å². The van der Waals surface area contributed by atoms with Crippen molar-refractivity contribution in [2.24, 2.45) is 0 Å². The van der Waals surface area contributed by atoms with Crippen LogP contribution >= 0.6 is 23.4 Å². The zero-order chi connectivity index (χ0) is 21.8. The van der Waals surface area contributed by atoms with Crippen LogP contribution in [-0.2, 0) is 17.0 Å². The van der Waals surface area contributed by atoms with E-state index in [-0.39, 0.29) is 12.3 Å². The van der Waals surface area contributed by atoms with Crippen molar-refractivity contribution in [3.63, 3.8) is 0 Å². The lowest BCUT2D eigenvalue weighted by Gasteiger charge is -2.10. The van der Waals surface area contributed by atoms with Crippen LogP contribution in [0.3, 0.4) is 0 Å². The van der Waals surface area contributed by atoms with Gasteiger partial charge in [0, 0.05) is 17.9 Å². The number of benzene rings is 2. The molecule has 0 aliphatic heterocycles. The van der Waals surface area contributed by atoms with Gasteiger partial charge in [-0.2, -0.15) is 4.98 Å². The Morgan fingerprint density at radius 3 is 2.97 bits per heavy atom. The van der Waals surface area contributed by atoms with Gasteiger partial charge in [0.15, 0.2) is 11.0 Å². The van der Waals surface area contributed by atoms with Crippen molar-refractivity contribution in [1.82, 2.24) is 20.1 Å². The van der Waals surface area contributed by atoms with E-state index in [1.54, 1.807) is 13.2 Å². The van der Waals surface area contributed by atoms with E-state index in [4.69, 9.17) is 20.9 Å². The number of fused-ring (bicyclic) bond motifs is 1. The number of anilines is 1. The maximum atomic E-state index is 12.3. The summed E-state index contributed by atoms with van der Waals surface area (Å²) in [5.74, 6) is 1.91. The van der Waals surface area contributed by atoms with Crippen LogP contribution in [0.1, 0.15) is 23.7 Å². The number of ether oxygens (including phenoxy) is 1. The van der Waals surface area contributed by atoms with Crippen molar-refractivity contribution in [3.05, 3.63) is 58.7 Å². The highest BCUT2D eigenvalue weighted by Crippen LogP contribution is 2.26. The number of imidazole rings is 1. The fourth-order valence-corrected chi connectivity index (χ4v) is 3.86. The Morgan fingerprint density at radius 1 is 1.26 bits per heavy atom. The van der Waals surface area contributed by atoms with Gasteiger partial charge in [-0.25, -0.2) is 4.98 Å². The largest absolute Gasteiger partial charge is 0.495 e. The van der Waals surface area contributed by atoms with Crippen molar-refractivity contribution in [2.75, 3.05) is 12.4 Å². The Balaban J connectivity index is 1.29. The van der Waals surface area contributed by atoms with Gasteiger partial charge < -0.3 is 19.6 Å². The molecule has 0 saturated carbocycles. The smallest absolute Gasteiger partial charge is 0.227 e. The number of rotatable bonds is 8. The Hall–Kier alpha value is -3.04. The summed E-state index contributed by atoms with van der Waals surface area (Å²) in [5.41, 5.74) is 3.39. The van der Waals surface area contributed by atoms with Gasteiger partial charge in [-0.3, -0.25) is 4.79 Å². The van der Waals surface area contributed by atoms with E-state index in [2.05, 4.69) is 25.4 Å². The van der Waals surface area contributed by atoms with Gasteiger partial charge in [0.05, 0.1) is 29.6 Å². The summed E-state index contributed by atoms with van der Waals surface area (Å²) in [7, 11) is 1.57. The molecule has 2 N–H and O–H groups in total. The van der Waals surface area contributed by atoms with Crippen molar-refractivity contribution in [2.45, 2.75) is 30.7 Å². The highest BCUT2D eigenvalue weighted by Gasteiger charge is 2.13. The van der Waals surface area contributed by atoms with Gasteiger partial charge in [0.25, 0.3) is 0 Å². The van der Waals surface area contributed by atoms with Crippen molar-refractivity contribution < 1.29 is 14.1 Å². The van der Waals surface area contributed by atoms with Crippen LogP contribution in [0.2, 0.25) is 5.02 Å². The molecule has 0 aliphatic carbocycles. The quantitative estimate of drug-likeness (QED) is 0.367. The monoisotopic (exact) mass is 457 g/mol. The second-order valence-electron chi connectivity index (χ2n) is 6.85. The van der Waals surface area contributed by atoms with E-state index in [9.17, 15) is 4.79 Å². The number of carbonyl (C=O) groups excluding carboxylic acids is 1. The molecule has 0 saturated heterocycles. The first-order valence-electron chi connectivity index (χ1n) is 9.54. The Bertz CT molecular complexity index is 1220. The van der Waals surface area contributed by atoms with E-state index in [1.165, 1.54) is 11.8 Å². The van der Waals surface area contributed by atoms with Gasteiger partial charge >= 0.3 is 0 Å². The molecule has 0 fully saturated rings. The summed E-state index contributed by atoms with van der Waals surface area (Å²) in [5, 5.41) is 8.24. The lowest BCUT2D eigenvalue weighted by atomic mass is 10.2. The molecule has 0 spiro atoms. The fraction of sp³-hybridized carbons (Fsp3) is 0.238. The maximum absolute atomic E-state index is 12.3. The molecular formula is C21H20ClN5O3S. The molecule has 10 heteroatoms. The summed E-state index contributed by atoms with van der Waals surface area (Å²) in [4.78, 5) is 24.4. The standard InChI is InChI=1S/C21H20ClN5O3S/c1-12-3-6-17(29-2)16(9-12)23-19(28)7-8-20-26-18(27-30-20)11-31-21-24-14-5-4-13(22)10-15(14)25-21/h3-6,9-10H,7-8,11H2,1-2H3,(H,23,28)(H,24,25). The number of aryl methyl sites for hydroxylation is 2. The molecular weight excluding hydrogens is 438 g/mol. The average molecular weight is 458 g/mol. The van der Waals surface area contributed by atoms with E-state index in [0.29, 0.717) is 40.3 Å². The minimum absolute atomic E-state index is 0.154. The highest BCUT2D eigenvalue weighted by molar-refractivity contribution is 7.98. The minimum Gasteiger partial charge on any atom is -0.495 e. The lowest BCUT2D eigenvalue weighted by Crippen LogP contribution is -2.13. The van der Waals surface area contributed by atoms with Gasteiger partial charge in [-0.1, -0.05) is 34.6 Å². The number of nitrogens with one attached hydrogen (secondary N) is 2. The summed E-state index contributed by atoms with van der Waals surface area (Å²) < 4.78 is 10.5. The Morgan fingerprint density at radius 2 is 2.13 bits per heavy atom. The number of H-pyrrole nitrogens is 1. The zero-order valence-corrected chi connectivity index (χ0v) is 18.5. The predicted molar refractivity (Wildman–Crippen MR) is 120 cm³/mol. The molecule has 0 bridgehead atoms. The van der Waals surface area contributed by atoms with E-state index in [0.717, 1.165) is 21.8 Å². The van der Waals surface area contributed by atoms with Crippen LogP contribution in [0.15, 0.2) is 46.1 Å². The summed E-state index contributed by atoms with van der Waals surface area (Å²) >= 11 is 7.46. The molecule has 4 rings (SSSR count). The van der Waals surface area contributed by atoms with Crippen LogP contribution in [0, 0.1) is 6.92 Å². The molecule has 0 radical (unpaired) electrons. The van der Waals surface area contributed by atoms with E-state index in [1.807, 2.05) is 37.3 Å². The molecule has 0 atom stereocenters. The van der Waals surface area contributed by atoms with E-state index >= 15 is 0 Å². The number of halogens is 1. The first-order valence-corrected chi connectivity index (χ1v) is 10.9. The Kier molecular flexibility index (Phi) is 6.43. The molecule has 2 aromatic carbocycles. The van der Waals surface area contributed by atoms with Crippen molar-refractivity contribution in [1.29, 1.82) is 0 Å². The molecule has 4 aromatic rings. The third kappa shape index (κ3) is 5.36. The zero-order valence-electron chi connectivity index (χ0n) is 16.9. The lowest BCUT2D eigenvalue weighted by molar-refractivity contribution is -0.116. The second-order valence-corrected chi connectivity index (χ2v) is 8.25. The van der Waals surface area contributed by atoms with Gasteiger partial charge in [-0.05, 0) is 42.8 Å². The van der Waals surface area contributed by atoms with Crippen LogP contribution in [0.5, 0.6) is 5.75 Å². The molecule has 2 heterocycles. The SMILES string of the molecule is COc1ccc(C)cc1NC(=O)CCc1nc(CSc2nc3ccc(Cl)cc3[nH]2)no1. The molecule has 2 aromatic heterocycles. The number of aromatic amines is 1. The normalized spacial score (nSPS) is 11.1. The number of thioether (sulfide) groups is 1. The molecule has 0 unspecified atom stereocenters. The summed E-state index contributed by atoms with van der Waals surface area (Å²) in [6.45, 7) is 1.95. The molecule has 0 aliphatic rings. The summed E-state index contributed by atoms with van der Waals surface area (Å²) in [6.07, 6.45) is 0.566.